The fraction of sp³-hybridized carbons (Fsp3) is 0.350. The van der Waals surface area contributed by atoms with E-state index >= 15 is 0 Å². The Hall–Kier alpha value is -2.30. The number of carbonyl (C=O) groups is 1. The first-order valence-electron chi connectivity index (χ1n) is 9.39. The fourth-order valence-corrected chi connectivity index (χ4v) is 5.23. The summed E-state index contributed by atoms with van der Waals surface area (Å²) in [6.45, 7) is 0.337. The highest BCUT2D eigenvalue weighted by molar-refractivity contribution is 7.91. The SMILES string of the molecule is CN(CCCC(=O)NCCCS(=O)(=O)c1ccccc1)S(=O)(=O)c1ccc(F)cc1. The number of benzene rings is 2. The molecule has 30 heavy (non-hydrogen) atoms. The van der Waals surface area contributed by atoms with Gasteiger partial charge in [-0.05, 0) is 49.2 Å². The van der Waals surface area contributed by atoms with Gasteiger partial charge >= 0.3 is 0 Å². The molecule has 2 rings (SSSR count). The van der Waals surface area contributed by atoms with Crippen LogP contribution in [0.5, 0.6) is 0 Å². The van der Waals surface area contributed by atoms with Gasteiger partial charge in [0, 0.05) is 26.6 Å². The van der Waals surface area contributed by atoms with Crippen LogP contribution in [0.15, 0.2) is 64.4 Å². The highest BCUT2D eigenvalue weighted by atomic mass is 32.2. The van der Waals surface area contributed by atoms with E-state index < -0.39 is 25.7 Å². The van der Waals surface area contributed by atoms with Gasteiger partial charge in [-0.1, -0.05) is 18.2 Å². The van der Waals surface area contributed by atoms with Crippen LogP contribution in [0.4, 0.5) is 4.39 Å². The van der Waals surface area contributed by atoms with Crippen molar-refractivity contribution in [1.29, 1.82) is 0 Å². The smallest absolute Gasteiger partial charge is 0.242 e. The Balaban J connectivity index is 1.70. The Morgan fingerprint density at radius 1 is 0.933 bits per heavy atom. The van der Waals surface area contributed by atoms with Gasteiger partial charge in [0.2, 0.25) is 15.9 Å². The van der Waals surface area contributed by atoms with Gasteiger partial charge in [0.1, 0.15) is 5.82 Å². The van der Waals surface area contributed by atoms with Gasteiger partial charge in [-0.15, -0.1) is 0 Å². The lowest BCUT2D eigenvalue weighted by atomic mass is 10.3. The van der Waals surface area contributed by atoms with Crippen LogP contribution < -0.4 is 5.32 Å². The lowest BCUT2D eigenvalue weighted by Crippen LogP contribution is -2.30. The summed E-state index contributed by atoms with van der Waals surface area (Å²) in [5.74, 6) is -0.875. The van der Waals surface area contributed by atoms with Gasteiger partial charge in [0.25, 0.3) is 0 Å². The summed E-state index contributed by atoms with van der Waals surface area (Å²) in [5, 5.41) is 2.64. The van der Waals surface area contributed by atoms with E-state index in [4.69, 9.17) is 0 Å². The minimum Gasteiger partial charge on any atom is -0.356 e. The molecule has 0 aliphatic rings. The van der Waals surface area contributed by atoms with Crippen LogP contribution in [-0.4, -0.2) is 52.9 Å². The fourth-order valence-electron chi connectivity index (χ4n) is 2.69. The van der Waals surface area contributed by atoms with Crippen LogP contribution in [0.2, 0.25) is 0 Å². The number of halogens is 1. The highest BCUT2D eigenvalue weighted by Crippen LogP contribution is 2.15. The van der Waals surface area contributed by atoms with E-state index in [2.05, 4.69) is 5.32 Å². The second-order valence-electron chi connectivity index (χ2n) is 6.72. The van der Waals surface area contributed by atoms with Crippen molar-refractivity contribution in [2.24, 2.45) is 0 Å². The van der Waals surface area contributed by atoms with Gasteiger partial charge in [-0.25, -0.2) is 25.5 Å². The topological polar surface area (TPSA) is 101 Å². The van der Waals surface area contributed by atoms with Crippen LogP contribution in [0.1, 0.15) is 19.3 Å². The highest BCUT2D eigenvalue weighted by Gasteiger charge is 2.20. The molecular formula is C20H25FN2O5S2. The summed E-state index contributed by atoms with van der Waals surface area (Å²) in [6, 6.07) is 12.6. The first-order valence-corrected chi connectivity index (χ1v) is 12.5. The number of sulfone groups is 1. The molecule has 0 radical (unpaired) electrons. The molecule has 10 heteroatoms. The number of hydrogen-bond donors (Lipinski definition) is 1. The molecule has 1 N–H and O–H groups in total. The van der Waals surface area contributed by atoms with E-state index in [0.717, 1.165) is 16.4 Å². The summed E-state index contributed by atoms with van der Waals surface area (Å²) in [5.41, 5.74) is 0. The van der Waals surface area contributed by atoms with Crippen molar-refractivity contribution in [3.05, 3.63) is 60.4 Å². The largest absolute Gasteiger partial charge is 0.356 e. The number of amides is 1. The zero-order valence-electron chi connectivity index (χ0n) is 16.6. The van der Waals surface area contributed by atoms with Crippen LogP contribution in [0.3, 0.4) is 0 Å². The van der Waals surface area contributed by atoms with E-state index in [1.807, 2.05) is 0 Å². The summed E-state index contributed by atoms with van der Waals surface area (Å²) in [6.07, 6.45) is 0.682. The van der Waals surface area contributed by atoms with E-state index in [-0.39, 0.29) is 47.4 Å². The van der Waals surface area contributed by atoms with Gasteiger partial charge in [-0.3, -0.25) is 4.79 Å². The predicted octanol–water partition coefficient (Wildman–Crippen LogP) is 2.21. The monoisotopic (exact) mass is 456 g/mol. The van der Waals surface area contributed by atoms with E-state index in [9.17, 15) is 26.0 Å². The Kier molecular flexibility index (Phi) is 8.51. The van der Waals surface area contributed by atoms with Crippen LogP contribution in [-0.2, 0) is 24.7 Å². The molecule has 0 bridgehead atoms. The molecule has 0 atom stereocenters. The quantitative estimate of drug-likeness (QED) is 0.523. The molecule has 0 saturated heterocycles. The van der Waals surface area contributed by atoms with Crippen molar-refractivity contribution in [1.82, 2.24) is 9.62 Å². The van der Waals surface area contributed by atoms with Crippen LogP contribution >= 0.6 is 0 Å². The first-order chi connectivity index (χ1) is 14.1. The van der Waals surface area contributed by atoms with Gasteiger partial charge in [-0.2, -0.15) is 0 Å². The summed E-state index contributed by atoms with van der Waals surface area (Å²) >= 11 is 0. The van der Waals surface area contributed by atoms with Crippen molar-refractivity contribution in [3.8, 4) is 0 Å². The number of nitrogens with zero attached hydrogens (tertiary/aromatic N) is 1. The Labute approximate surface area is 176 Å². The minimum absolute atomic E-state index is 0.0181. The molecule has 0 fully saturated rings. The van der Waals surface area contributed by atoms with Crippen molar-refractivity contribution in [2.75, 3.05) is 25.9 Å². The van der Waals surface area contributed by atoms with Crippen LogP contribution in [0, 0.1) is 5.82 Å². The summed E-state index contributed by atoms with van der Waals surface area (Å²) < 4.78 is 63.2. The standard InChI is InChI=1S/C20H25FN2O5S2/c1-23(30(27,28)19-12-10-17(21)11-13-19)15-5-9-20(24)22-14-6-16-29(25,26)18-7-3-2-4-8-18/h2-4,7-8,10-13H,5-6,9,14-16H2,1H3,(H,22,24). The number of carbonyl (C=O) groups excluding carboxylic acids is 1. The van der Waals surface area contributed by atoms with Crippen molar-refractivity contribution < 1.29 is 26.0 Å². The third kappa shape index (κ3) is 6.89. The Morgan fingerprint density at radius 2 is 1.57 bits per heavy atom. The molecule has 0 aliphatic carbocycles. The normalized spacial score (nSPS) is 12.1. The maximum absolute atomic E-state index is 13.0. The lowest BCUT2D eigenvalue weighted by molar-refractivity contribution is -0.121. The molecule has 0 aliphatic heterocycles. The number of nitrogens with one attached hydrogen (secondary N) is 1. The maximum Gasteiger partial charge on any atom is 0.242 e. The lowest BCUT2D eigenvalue weighted by Gasteiger charge is -2.17. The van der Waals surface area contributed by atoms with E-state index in [0.29, 0.717) is 6.42 Å². The third-order valence-electron chi connectivity index (χ3n) is 4.41. The molecule has 0 spiro atoms. The molecule has 0 aromatic heterocycles. The Morgan fingerprint density at radius 3 is 2.20 bits per heavy atom. The molecule has 2 aromatic carbocycles. The van der Waals surface area contributed by atoms with Gasteiger partial charge < -0.3 is 5.32 Å². The zero-order valence-corrected chi connectivity index (χ0v) is 18.3. The molecule has 0 heterocycles. The molecular weight excluding hydrogens is 431 g/mol. The van der Waals surface area contributed by atoms with Gasteiger partial charge in [0.05, 0.1) is 15.5 Å². The minimum atomic E-state index is -3.75. The van der Waals surface area contributed by atoms with Crippen molar-refractivity contribution in [3.63, 3.8) is 0 Å². The molecule has 2 aromatic rings. The second kappa shape index (κ2) is 10.6. The number of sulfonamides is 1. The molecule has 0 unspecified atom stereocenters. The first kappa shape index (κ1) is 24.0. The maximum atomic E-state index is 13.0. The molecule has 164 valence electrons. The van der Waals surface area contributed by atoms with Crippen molar-refractivity contribution in [2.45, 2.75) is 29.1 Å². The number of rotatable bonds is 11. The Bertz CT molecular complexity index is 1040. The molecule has 1 amide bonds. The molecule has 7 nitrogen and oxygen atoms in total. The van der Waals surface area contributed by atoms with Crippen LogP contribution in [0.25, 0.3) is 0 Å². The average molecular weight is 457 g/mol. The average Bonchev–Trinajstić information content (AvgIpc) is 2.72. The number of hydrogen-bond acceptors (Lipinski definition) is 5. The van der Waals surface area contributed by atoms with E-state index in [1.165, 1.54) is 31.3 Å². The zero-order chi connectivity index (χ0) is 22.2. The predicted molar refractivity (Wildman–Crippen MR) is 112 cm³/mol. The summed E-state index contributed by atoms with van der Waals surface area (Å²) in [4.78, 5) is 12.1. The third-order valence-corrected chi connectivity index (χ3v) is 8.10. The summed E-state index contributed by atoms with van der Waals surface area (Å²) in [7, 11) is -5.74. The van der Waals surface area contributed by atoms with Gasteiger partial charge in [0.15, 0.2) is 9.84 Å². The molecule has 0 saturated carbocycles. The van der Waals surface area contributed by atoms with E-state index in [1.54, 1.807) is 18.2 Å². The second-order valence-corrected chi connectivity index (χ2v) is 10.9. The van der Waals surface area contributed by atoms with Crippen molar-refractivity contribution >= 4 is 25.8 Å².